The van der Waals surface area contributed by atoms with Gasteiger partial charge < -0.3 is 14.8 Å². The van der Waals surface area contributed by atoms with Crippen LogP contribution in [0.5, 0.6) is 0 Å². The second-order valence-electron chi connectivity index (χ2n) is 5.14. The van der Waals surface area contributed by atoms with E-state index in [0.29, 0.717) is 12.1 Å². The molecule has 0 aromatic rings. The molecule has 1 saturated heterocycles. The van der Waals surface area contributed by atoms with E-state index in [1.807, 2.05) is 6.92 Å². The summed E-state index contributed by atoms with van der Waals surface area (Å²) in [4.78, 5) is 2.52. The summed E-state index contributed by atoms with van der Waals surface area (Å²) in [6.07, 6.45) is 2.74. The molecular weight excluding hydrogens is 228 g/mol. The van der Waals surface area contributed by atoms with Gasteiger partial charge in [-0.3, -0.25) is 4.90 Å². The van der Waals surface area contributed by atoms with E-state index >= 15 is 0 Å². The Bertz CT molecular complexity index is 202. The molecular formula is C14H30N2O2. The summed E-state index contributed by atoms with van der Waals surface area (Å²) in [5.41, 5.74) is 0. The van der Waals surface area contributed by atoms with E-state index in [-0.39, 0.29) is 0 Å². The van der Waals surface area contributed by atoms with Crippen LogP contribution in [0, 0.1) is 0 Å². The van der Waals surface area contributed by atoms with Gasteiger partial charge in [-0.15, -0.1) is 0 Å². The molecule has 108 valence electrons. The maximum absolute atomic E-state index is 5.63. The van der Waals surface area contributed by atoms with Gasteiger partial charge in [0.1, 0.15) is 0 Å². The lowest BCUT2D eigenvalue weighted by molar-refractivity contribution is -0.0486. The molecule has 0 aliphatic carbocycles. The molecule has 0 saturated carbocycles. The summed E-state index contributed by atoms with van der Waals surface area (Å²) >= 11 is 0. The van der Waals surface area contributed by atoms with Gasteiger partial charge in [0.2, 0.25) is 0 Å². The zero-order chi connectivity index (χ0) is 13.2. The van der Waals surface area contributed by atoms with Crippen LogP contribution in [0.1, 0.15) is 33.6 Å². The molecule has 18 heavy (non-hydrogen) atoms. The summed E-state index contributed by atoms with van der Waals surface area (Å²) in [6, 6.07) is 0.556. The molecule has 1 rings (SSSR count). The Balaban J connectivity index is 1.93. The molecule has 2 unspecified atom stereocenters. The van der Waals surface area contributed by atoms with Gasteiger partial charge in [0.15, 0.2) is 0 Å². The SMILES string of the molecule is CCOCCCCNCCN1CC(C)OCC1C. The maximum Gasteiger partial charge on any atom is 0.0674 e. The normalized spacial score (nSPS) is 25.5. The van der Waals surface area contributed by atoms with Crippen molar-refractivity contribution in [1.29, 1.82) is 0 Å². The summed E-state index contributed by atoms with van der Waals surface area (Å²) in [5.74, 6) is 0. The number of rotatable bonds is 9. The molecule has 0 aromatic heterocycles. The molecule has 0 radical (unpaired) electrons. The zero-order valence-electron chi connectivity index (χ0n) is 12.3. The molecule has 0 amide bonds. The lowest BCUT2D eigenvalue weighted by atomic mass is 10.2. The summed E-state index contributed by atoms with van der Waals surface area (Å²) in [5, 5.41) is 3.51. The van der Waals surface area contributed by atoms with Gasteiger partial charge in [0.25, 0.3) is 0 Å². The number of hydrogen-bond acceptors (Lipinski definition) is 4. The third-order valence-electron chi connectivity index (χ3n) is 3.41. The molecule has 0 bridgehead atoms. The van der Waals surface area contributed by atoms with Crippen LogP contribution in [-0.4, -0.2) is 63.0 Å². The Kier molecular flexibility index (Phi) is 8.59. The van der Waals surface area contributed by atoms with E-state index in [1.54, 1.807) is 0 Å². The molecule has 1 aliphatic rings. The van der Waals surface area contributed by atoms with Gasteiger partial charge in [-0.1, -0.05) is 0 Å². The highest BCUT2D eigenvalue weighted by Crippen LogP contribution is 2.10. The molecule has 1 N–H and O–H groups in total. The monoisotopic (exact) mass is 258 g/mol. The Morgan fingerprint density at radius 2 is 2.11 bits per heavy atom. The molecule has 2 atom stereocenters. The fourth-order valence-electron chi connectivity index (χ4n) is 2.23. The van der Waals surface area contributed by atoms with E-state index in [9.17, 15) is 0 Å². The average molecular weight is 258 g/mol. The summed E-state index contributed by atoms with van der Waals surface area (Å²) in [6.45, 7) is 13.4. The highest BCUT2D eigenvalue weighted by molar-refractivity contribution is 4.75. The highest BCUT2D eigenvalue weighted by atomic mass is 16.5. The largest absolute Gasteiger partial charge is 0.382 e. The minimum Gasteiger partial charge on any atom is -0.382 e. The van der Waals surface area contributed by atoms with Crippen molar-refractivity contribution < 1.29 is 9.47 Å². The van der Waals surface area contributed by atoms with Crippen molar-refractivity contribution in [3.8, 4) is 0 Å². The fourth-order valence-corrected chi connectivity index (χ4v) is 2.23. The third-order valence-corrected chi connectivity index (χ3v) is 3.41. The van der Waals surface area contributed by atoms with Gasteiger partial charge >= 0.3 is 0 Å². The van der Waals surface area contributed by atoms with E-state index in [0.717, 1.165) is 52.4 Å². The Morgan fingerprint density at radius 3 is 2.89 bits per heavy atom. The lowest BCUT2D eigenvalue weighted by Gasteiger charge is -2.36. The van der Waals surface area contributed by atoms with Crippen molar-refractivity contribution >= 4 is 0 Å². The second kappa shape index (κ2) is 9.73. The van der Waals surface area contributed by atoms with Crippen LogP contribution in [0.15, 0.2) is 0 Å². The minimum absolute atomic E-state index is 0.382. The van der Waals surface area contributed by atoms with Crippen molar-refractivity contribution in [3.05, 3.63) is 0 Å². The minimum atomic E-state index is 0.382. The molecule has 0 spiro atoms. The Labute approximate surface area is 112 Å². The Hall–Kier alpha value is -0.160. The average Bonchev–Trinajstić information content (AvgIpc) is 2.36. The predicted molar refractivity (Wildman–Crippen MR) is 75.0 cm³/mol. The molecule has 0 aromatic carbocycles. The molecule has 1 heterocycles. The van der Waals surface area contributed by atoms with Gasteiger partial charge in [-0.2, -0.15) is 0 Å². The number of hydrogen-bond donors (Lipinski definition) is 1. The maximum atomic E-state index is 5.63. The van der Waals surface area contributed by atoms with Gasteiger partial charge in [0, 0.05) is 38.9 Å². The predicted octanol–water partition coefficient (Wildman–Crippen LogP) is 1.50. The lowest BCUT2D eigenvalue weighted by Crippen LogP contribution is -2.49. The van der Waals surface area contributed by atoms with Gasteiger partial charge in [0.05, 0.1) is 12.7 Å². The molecule has 4 heteroatoms. The number of ether oxygens (including phenoxy) is 2. The van der Waals surface area contributed by atoms with Crippen molar-refractivity contribution in [2.45, 2.75) is 45.8 Å². The first-order valence-corrected chi connectivity index (χ1v) is 7.38. The Morgan fingerprint density at radius 1 is 1.28 bits per heavy atom. The fraction of sp³-hybridized carbons (Fsp3) is 1.00. The molecule has 4 nitrogen and oxygen atoms in total. The van der Waals surface area contributed by atoms with E-state index in [4.69, 9.17) is 9.47 Å². The first-order valence-electron chi connectivity index (χ1n) is 7.38. The number of nitrogens with zero attached hydrogens (tertiary/aromatic N) is 1. The summed E-state index contributed by atoms with van der Waals surface area (Å²) in [7, 11) is 0. The molecule has 1 aliphatic heterocycles. The van der Waals surface area contributed by atoms with E-state index < -0.39 is 0 Å². The number of nitrogens with one attached hydrogen (secondary N) is 1. The molecule has 1 fully saturated rings. The smallest absolute Gasteiger partial charge is 0.0674 e. The van der Waals surface area contributed by atoms with E-state index in [2.05, 4.69) is 24.1 Å². The van der Waals surface area contributed by atoms with Crippen LogP contribution >= 0.6 is 0 Å². The van der Waals surface area contributed by atoms with Crippen molar-refractivity contribution in [2.75, 3.05) is 46.0 Å². The van der Waals surface area contributed by atoms with Crippen LogP contribution in [0.2, 0.25) is 0 Å². The van der Waals surface area contributed by atoms with Crippen LogP contribution in [-0.2, 0) is 9.47 Å². The zero-order valence-corrected chi connectivity index (χ0v) is 12.3. The second-order valence-corrected chi connectivity index (χ2v) is 5.14. The standard InChI is InChI=1S/C14H30N2O2/c1-4-17-10-6-5-7-15-8-9-16-11-14(3)18-12-13(16)2/h13-15H,4-12H2,1-3H3. The highest BCUT2D eigenvalue weighted by Gasteiger charge is 2.22. The topological polar surface area (TPSA) is 33.7 Å². The van der Waals surface area contributed by atoms with Crippen LogP contribution in [0.3, 0.4) is 0 Å². The van der Waals surface area contributed by atoms with Crippen molar-refractivity contribution in [2.24, 2.45) is 0 Å². The van der Waals surface area contributed by atoms with Crippen molar-refractivity contribution in [3.63, 3.8) is 0 Å². The van der Waals surface area contributed by atoms with Crippen molar-refractivity contribution in [1.82, 2.24) is 10.2 Å². The third kappa shape index (κ3) is 6.69. The van der Waals surface area contributed by atoms with Gasteiger partial charge in [-0.05, 0) is 40.2 Å². The van der Waals surface area contributed by atoms with Crippen LogP contribution in [0.25, 0.3) is 0 Å². The number of unbranched alkanes of at least 4 members (excludes halogenated alkanes) is 1. The van der Waals surface area contributed by atoms with Crippen LogP contribution in [0.4, 0.5) is 0 Å². The van der Waals surface area contributed by atoms with Crippen LogP contribution < -0.4 is 5.32 Å². The summed E-state index contributed by atoms with van der Waals surface area (Å²) < 4.78 is 10.9. The first kappa shape index (κ1) is 15.9. The van der Waals surface area contributed by atoms with Gasteiger partial charge in [-0.25, -0.2) is 0 Å². The number of morpholine rings is 1. The first-order chi connectivity index (χ1) is 8.74. The quantitative estimate of drug-likeness (QED) is 0.636. The van der Waals surface area contributed by atoms with E-state index in [1.165, 1.54) is 6.42 Å².